The Morgan fingerprint density at radius 1 is 1.23 bits per heavy atom. The van der Waals surface area contributed by atoms with Gasteiger partial charge < -0.3 is 25.2 Å². The molecule has 4 atom stereocenters. The summed E-state index contributed by atoms with van der Waals surface area (Å²) in [6.45, 7) is 1.71. The predicted octanol–water partition coefficient (Wildman–Crippen LogP) is 4.91. The van der Waals surface area contributed by atoms with Gasteiger partial charge in [-0.15, -0.1) is 0 Å². The molecule has 8 heteroatoms. The van der Waals surface area contributed by atoms with Crippen LogP contribution in [0, 0.1) is 5.92 Å². The normalized spacial score (nSPS) is 25.1. The van der Waals surface area contributed by atoms with Gasteiger partial charge in [0.05, 0.1) is 13.2 Å². The van der Waals surface area contributed by atoms with Crippen LogP contribution in [0.15, 0.2) is 54.9 Å². The smallest absolute Gasteiger partial charge is 0.209 e. The number of halogens is 1. The Labute approximate surface area is 235 Å². The number of pyridine rings is 1. The predicted molar refractivity (Wildman–Crippen MR) is 153 cm³/mol. The van der Waals surface area contributed by atoms with Crippen LogP contribution in [0.2, 0.25) is 5.02 Å². The third kappa shape index (κ3) is 5.19. The summed E-state index contributed by atoms with van der Waals surface area (Å²) < 4.78 is 12.1. The second kappa shape index (κ2) is 11.9. The van der Waals surface area contributed by atoms with Gasteiger partial charge in [-0.05, 0) is 61.5 Å². The van der Waals surface area contributed by atoms with Gasteiger partial charge in [-0.3, -0.25) is 9.78 Å². The number of benzene rings is 2. The first kappa shape index (κ1) is 28.0. The zero-order valence-electron chi connectivity index (χ0n) is 22.5. The molecule has 39 heavy (non-hydrogen) atoms. The van der Waals surface area contributed by atoms with Crippen LogP contribution < -0.4 is 5.73 Å². The molecule has 2 aromatic carbocycles. The van der Waals surface area contributed by atoms with Gasteiger partial charge in [-0.1, -0.05) is 48.0 Å². The highest BCUT2D eigenvalue weighted by Crippen LogP contribution is 2.54. The van der Waals surface area contributed by atoms with E-state index in [0.717, 1.165) is 54.0 Å². The summed E-state index contributed by atoms with van der Waals surface area (Å²) in [6.07, 6.45) is 8.81. The number of nitrogens with two attached hydrogens (primary N) is 1. The van der Waals surface area contributed by atoms with Crippen LogP contribution in [0.4, 0.5) is 0 Å². The van der Waals surface area contributed by atoms with Crippen molar-refractivity contribution in [2.75, 3.05) is 33.4 Å². The molecule has 0 bridgehead atoms. The van der Waals surface area contributed by atoms with Crippen LogP contribution >= 0.6 is 11.6 Å². The number of carbonyl (C=O) groups excluding carboxylic acids is 1. The van der Waals surface area contributed by atoms with E-state index in [9.17, 15) is 9.90 Å². The summed E-state index contributed by atoms with van der Waals surface area (Å²) in [5.41, 5.74) is 6.19. The Kier molecular flexibility index (Phi) is 8.55. The number of amides is 1. The molecule has 3 aromatic rings. The van der Waals surface area contributed by atoms with E-state index in [1.807, 2.05) is 54.9 Å². The molecule has 1 aliphatic heterocycles. The molecule has 2 aliphatic rings. The zero-order valence-corrected chi connectivity index (χ0v) is 23.3. The van der Waals surface area contributed by atoms with E-state index in [1.54, 1.807) is 12.0 Å². The minimum absolute atomic E-state index is 0.0276. The highest BCUT2D eigenvalue weighted by molar-refractivity contribution is 6.34. The van der Waals surface area contributed by atoms with Crippen LogP contribution in [-0.2, 0) is 19.9 Å². The average molecular weight is 552 g/mol. The molecule has 0 unspecified atom stereocenters. The van der Waals surface area contributed by atoms with Gasteiger partial charge in [-0.25, -0.2) is 0 Å². The molecule has 1 saturated carbocycles. The SMILES string of the molecule is COCCCC[C@@](O)(c1cccc(Cl)c1-c1cncc2ccccc12)[C@@]1([C@@H]2CC[C@H](N)C2)CN(C=O)CCO1. The summed E-state index contributed by atoms with van der Waals surface area (Å²) in [4.78, 5) is 18.4. The summed E-state index contributed by atoms with van der Waals surface area (Å²) in [5.74, 6) is -0.0276. The number of nitrogens with zero attached hydrogens (tertiary/aromatic N) is 2. The van der Waals surface area contributed by atoms with Crippen molar-refractivity contribution in [3.05, 3.63) is 65.4 Å². The van der Waals surface area contributed by atoms with E-state index >= 15 is 0 Å². The van der Waals surface area contributed by atoms with Gasteiger partial charge in [0.1, 0.15) is 11.2 Å². The Hall–Kier alpha value is -2.55. The Morgan fingerprint density at radius 3 is 2.85 bits per heavy atom. The van der Waals surface area contributed by atoms with Crippen LogP contribution in [0.3, 0.4) is 0 Å². The van der Waals surface area contributed by atoms with Crippen LogP contribution in [0.25, 0.3) is 21.9 Å². The number of carbonyl (C=O) groups is 1. The number of fused-ring (bicyclic) bond motifs is 1. The topological polar surface area (TPSA) is 97.9 Å². The van der Waals surface area contributed by atoms with E-state index in [4.69, 9.17) is 26.8 Å². The molecule has 1 saturated heterocycles. The van der Waals surface area contributed by atoms with Gasteiger partial charge >= 0.3 is 0 Å². The van der Waals surface area contributed by atoms with Gasteiger partial charge in [0.25, 0.3) is 0 Å². The molecule has 1 aromatic heterocycles. The molecule has 2 heterocycles. The molecule has 1 amide bonds. The molecule has 208 valence electrons. The van der Waals surface area contributed by atoms with Crippen molar-refractivity contribution in [1.82, 2.24) is 9.88 Å². The van der Waals surface area contributed by atoms with Crippen LogP contribution in [0.1, 0.15) is 44.1 Å². The molecule has 5 rings (SSSR count). The van der Waals surface area contributed by atoms with Gasteiger partial charge in [-0.2, -0.15) is 0 Å². The fourth-order valence-electron chi connectivity index (χ4n) is 6.80. The molecule has 2 fully saturated rings. The van der Waals surface area contributed by atoms with Gasteiger partial charge in [0, 0.05) is 60.2 Å². The van der Waals surface area contributed by atoms with Crippen molar-refractivity contribution in [2.45, 2.75) is 55.8 Å². The van der Waals surface area contributed by atoms with Crippen molar-refractivity contribution in [1.29, 1.82) is 0 Å². The Balaban J connectivity index is 1.74. The first-order valence-electron chi connectivity index (χ1n) is 13.9. The molecule has 3 N–H and O–H groups in total. The third-order valence-corrected chi connectivity index (χ3v) is 9.01. The molecular formula is C31H38ClN3O4. The summed E-state index contributed by atoms with van der Waals surface area (Å²) in [6, 6.07) is 13.8. The van der Waals surface area contributed by atoms with Crippen molar-refractivity contribution in [3.8, 4) is 11.1 Å². The second-order valence-electron chi connectivity index (χ2n) is 11.0. The average Bonchev–Trinajstić information content (AvgIpc) is 3.41. The summed E-state index contributed by atoms with van der Waals surface area (Å²) >= 11 is 6.99. The second-order valence-corrected chi connectivity index (χ2v) is 11.4. The maximum atomic E-state index is 13.2. The number of hydrogen-bond donors (Lipinski definition) is 2. The number of morpholine rings is 1. The first-order valence-corrected chi connectivity index (χ1v) is 14.2. The maximum Gasteiger partial charge on any atom is 0.209 e. The van der Waals surface area contributed by atoms with Crippen molar-refractivity contribution in [3.63, 3.8) is 0 Å². The lowest BCUT2D eigenvalue weighted by molar-refractivity contribution is -0.246. The highest BCUT2D eigenvalue weighted by Gasteiger charge is 2.60. The standard InChI is InChI=1S/C31H38ClN3O4/c1-38-15-5-4-13-30(37,31(23-11-12-24(33)17-23)20-35(21-36)14-16-39-31)27-9-6-10-28(32)29(27)26-19-34-18-22-7-2-3-8-25(22)26/h2-3,6-10,18-19,21,23-24,37H,4-5,11-17,20,33H2,1H3/t23-,24+,30-,31+/m1/s1. The van der Waals surface area contributed by atoms with Gasteiger partial charge in [0.15, 0.2) is 0 Å². The quantitative estimate of drug-likeness (QED) is 0.274. The van der Waals surface area contributed by atoms with Crippen molar-refractivity contribution >= 4 is 28.8 Å². The fourth-order valence-corrected chi connectivity index (χ4v) is 7.07. The lowest BCUT2D eigenvalue weighted by Crippen LogP contribution is -2.66. The molecule has 1 aliphatic carbocycles. The molecule has 0 spiro atoms. The number of unbranched alkanes of at least 4 members (excludes halogenated alkanes) is 1. The minimum Gasteiger partial charge on any atom is -0.385 e. The summed E-state index contributed by atoms with van der Waals surface area (Å²) in [5, 5.41) is 15.7. The summed E-state index contributed by atoms with van der Waals surface area (Å²) in [7, 11) is 1.68. The van der Waals surface area contributed by atoms with E-state index in [1.165, 1.54) is 0 Å². The Morgan fingerprint density at radius 2 is 2.08 bits per heavy atom. The first-order chi connectivity index (χ1) is 18.9. The number of ether oxygens (including phenoxy) is 2. The number of aromatic nitrogens is 1. The van der Waals surface area contributed by atoms with E-state index in [0.29, 0.717) is 43.2 Å². The third-order valence-electron chi connectivity index (χ3n) is 8.69. The number of rotatable bonds is 10. The van der Waals surface area contributed by atoms with Crippen molar-refractivity contribution < 1.29 is 19.4 Å². The van der Waals surface area contributed by atoms with Crippen molar-refractivity contribution in [2.24, 2.45) is 11.7 Å². The van der Waals surface area contributed by atoms with Crippen LogP contribution in [0.5, 0.6) is 0 Å². The molecular weight excluding hydrogens is 514 g/mol. The maximum absolute atomic E-state index is 13.2. The zero-order chi connectivity index (χ0) is 27.5. The van der Waals surface area contributed by atoms with Crippen LogP contribution in [-0.4, -0.2) is 66.5 Å². The number of methoxy groups -OCH3 is 1. The minimum atomic E-state index is -1.46. The molecule has 7 nitrogen and oxygen atoms in total. The van der Waals surface area contributed by atoms with E-state index in [-0.39, 0.29) is 18.5 Å². The fraction of sp³-hybridized carbons (Fsp3) is 0.484. The lowest BCUT2D eigenvalue weighted by atomic mass is 9.65. The molecule has 0 radical (unpaired) electrons. The monoisotopic (exact) mass is 551 g/mol. The van der Waals surface area contributed by atoms with Gasteiger partial charge in [0.2, 0.25) is 6.41 Å². The Bertz CT molecular complexity index is 1300. The number of hydrogen-bond acceptors (Lipinski definition) is 6. The largest absolute Gasteiger partial charge is 0.385 e. The highest BCUT2D eigenvalue weighted by atomic mass is 35.5. The van der Waals surface area contributed by atoms with E-state index in [2.05, 4.69) is 4.98 Å². The number of aliphatic hydroxyl groups is 1. The van der Waals surface area contributed by atoms with E-state index < -0.39 is 11.2 Å². The lowest BCUT2D eigenvalue weighted by Gasteiger charge is -2.55.